The van der Waals surface area contributed by atoms with Crippen LogP contribution in [0.25, 0.3) is 0 Å². The van der Waals surface area contributed by atoms with Crippen molar-refractivity contribution >= 4 is 40.0 Å². The number of carbonyl (C=O) groups is 1. The fourth-order valence-corrected chi connectivity index (χ4v) is 2.12. The van der Waals surface area contributed by atoms with E-state index >= 15 is 0 Å². The number of benzene rings is 2. The number of hydrogen-bond donors (Lipinski definition) is 2. The van der Waals surface area contributed by atoms with Crippen LogP contribution in [0.4, 0.5) is 20.6 Å². The van der Waals surface area contributed by atoms with Gasteiger partial charge in [-0.2, -0.15) is 5.26 Å². The highest BCUT2D eigenvalue weighted by molar-refractivity contribution is 14.1. The maximum absolute atomic E-state index is 12.9. The highest BCUT2D eigenvalue weighted by Crippen LogP contribution is 2.19. The molecular formula is C14H9FIN3O. The Bertz CT molecular complexity index is 680. The molecule has 0 spiro atoms. The number of nitrogens with one attached hydrogen (secondary N) is 2. The Hall–Kier alpha value is -2.14. The van der Waals surface area contributed by atoms with Crippen LogP contribution in [0.2, 0.25) is 0 Å². The molecule has 0 heterocycles. The van der Waals surface area contributed by atoms with E-state index in [1.54, 1.807) is 24.3 Å². The third kappa shape index (κ3) is 3.68. The molecule has 2 amide bonds. The van der Waals surface area contributed by atoms with E-state index in [1.165, 1.54) is 18.2 Å². The van der Waals surface area contributed by atoms with E-state index in [4.69, 9.17) is 5.26 Å². The summed E-state index contributed by atoms with van der Waals surface area (Å²) in [6, 6.07) is 12.2. The maximum Gasteiger partial charge on any atom is 0.323 e. The minimum Gasteiger partial charge on any atom is -0.308 e. The zero-order valence-electron chi connectivity index (χ0n) is 10.2. The van der Waals surface area contributed by atoms with Crippen LogP contribution in [0.15, 0.2) is 42.5 Å². The van der Waals surface area contributed by atoms with Gasteiger partial charge in [0.25, 0.3) is 0 Å². The van der Waals surface area contributed by atoms with Crippen molar-refractivity contribution in [1.29, 1.82) is 5.26 Å². The Balaban J connectivity index is 2.03. The average molecular weight is 381 g/mol. The van der Waals surface area contributed by atoms with Crippen molar-refractivity contribution in [3.8, 4) is 6.07 Å². The summed E-state index contributed by atoms with van der Waals surface area (Å²) in [6.45, 7) is 0. The van der Waals surface area contributed by atoms with Gasteiger partial charge in [-0.3, -0.25) is 0 Å². The quantitative estimate of drug-likeness (QED) is 0.774. The molecule has 0 unspecified atom stereocenters. The molecule has 20 heavy (non-hydrogen) atoms. The molecule has 0 fully saturated rings. The fraction of sp³-hybridized carbons (Fsp3) is 0. The number of anilines is 2. The molecule has 4 nitrogen and oxygen atoms in total. The van der Waals surface area contributed by atoms with Gasteiger partial charge in [0.05, 0.1) is 17.3 Å². The first-order valence-corrected chi connectivity index (χ1v) is 6.69. The molecule has 6 heteroatoms. The van der Waals surface area contributed by atoms with E-state index in [9.17, 15) is 9.18 Å². The number of halogens is 2. The molecule has 2 rings (SSSR count). The Kier molecular flexibility index (Phi) is 4.53. The van der Waals surface area contributed by atoms with E-state index in [1.807, 2.05) is 28.7 Å². The average Bonchev–Trinajstić information content (AvgIpc) is 2.43. The lowest BCUT2D eigenvalue weighted by Crippen LogP contribution is -2.20. The Morgan fingerprint density at radius 2 is 1.85 bits per heavy atom. The lowest BCUT2D eigenvalue weighted by atomic mass is 10.2. The molecule has 0 aliphatic rings. The number of nitrogens with zero attached hydrogens (tertiary/aromatic N) is 1. The zero-order valence-corrected chi connectivity index (χ0v) is 12.3. The lowest BCUT2D eigenvalue weighted by molar-refractivity contribution is 0.262. The highest BCUT2D eigenvalue weighted by atomic mass is 127. The lowest BCUT2D eigenvalue weighted by Gasteiger charge is -2.09. The number of carbonyl (C=O) groups excluding carboxylic acids is 1. The molecule has 2 N–H and O–H groups in total. The summed E-state index contributed by atoms with van der Waals surface area (Å²) in [6.07, 6.45) is 0. The standard InChI is InChI=1S/C14H9FIN3O/c15-10-3-6-13(12(16)7-10)19-14(20)18-11-4-1-9(8-17)2-5-11/h1-7H,(H2,18,19,20). The van der Waals surface area contributed by atoms with Crippen LogP contribution in [-0.4, -0.2) is 6.03 Å². The molecule has 0 radical (unpaired) electrons. The number of urea groups is 1. The topological polar surface area (TPSA) is 64.9 Å². The SMILES string of the molecule is N#Cc1ccc(NC(=O)Nc2ccc(F)cc2I)cc1. The Morgan fingerprint density at radius 1 is 1.15 bits per heavy atom. The number of hydrogen-bond acceptors (Lipinski definition) is 2. The van der Waals surface area contributed by atoms with Crippen LogP contribution < -0.4 is 10.6 Å². The van der Waals surface area contributed by atoms with Crippen molar-refractivity contribution < 1.29 is 9.18 Å². The van der Waals surface area contributed by atoms with Crippen molar-refractivity contribution in [2.24, 2.45) is 0 Å². The van der Waals surface area contributed by atoms with E-state index in [2.05, 4.69) is 10.6 Å². The normalized spacial score (nSPS) is 9.65. The first-order chi connectivity index (χ1) is 9.58. The van der Waals surface area contributed by atoms with E-state index in [0.29, 0.717) is 20.5 Å². The van der Waals surface area contributed by atoms with Crippen LogP contribution in [0, 0.1) is 20.7 Å². The van der Waals surface area contributed by atoms with Crippen molar-refractivity contribution in [3.05, 3.63) is 57.4 Å². The number of nitriles is 1. The van der Waals surface area contributed by atoms with Crippen molar-refractivity contribution in [2.45, 2.75) is 0 Å². The molecule has 100 valence electrons. The second kappa shape index (κ2) is 6.34. The van der Waals surface area contributed by atoms with Gasteiger partial charge in [-0.15, -0.1) is 0 Å². The van der Waals surface area contributed by atoms with E-state index < -0.39 is 6.03 Å². The molecule has 0 aliphatic carbocycles. The monoisotopic (exact) mass is 381 g/mol. The number of amides is 2. The van der Waals surface area contributed by atoms with E-state index in [-0.39, 0.29) is 5.82 Å². The smallest absolute Gasteiger partial charge is 0.308 e. The summed E-state index contributed by atoms with van der Waals surface area (Å²) in [5, 5.41) is 13.9. The summed E-state index contributed by atoms with van der Waals surface area (Å²) in [5.74, 6) is -0.354. The van der Waals surface area contributed by atoms with Crippen LogP contribution in [0.3, 0.4) is 0 Å². The molecule has 2 aromatic carbocycles. The number of rotatable bonds is 2. The summed E-state index contributed by atoms with van der Waals surface area (Å²) < 4.78 is 13.6. The van der Waals surface area contributed by atoms with Crippen molar-refractivity contribution in [1.82, 2.24) is 0 Å². The van der Waals surface area contributed by atoms with Gasteiger partial charge in [0.2, 0.25) is 0 Å². The fourth-order valence-electron chi connectivity index (χ4n) is 1.50. The third-order valence-electron chi connectivity index (χ3n) is 2.45. The van der Waals surface area contributed by atoms with Gasteiger partial charge in [-0.1, -0.05) is 0 Å². The summed E-state index contributed by atoms with van der Waals surface area (Å²) in [5.41, 5.74) is 1.61. The van der Waals surface area contributed by atoms with Crippen LogP contribution in [0.1, 0.15) is 5.56 Å². The molecule has 0 atom stereocenters. The van der Waals surface area contributed by atoms with Gasteiger partial charge in [-0.05, 0) is 65.1 Å². The molecule has 0 saturated heterocycles. The predicted molar refractivity (Wildman–Crippen MR) is 82.9 cm³/mol. The highest BCUT2D eigenvalue weighted by Gasteiger charge is 2.06. The molecule has 0 bridgehead atoms. The van der Waals surface area contributed by atoms with Gasteiger partial charge in [0.15, 0.2) is 0 Å². The van der Waals surface area contributed by atoms with E-state index in [0.717, 1.165) is 0 Å². The second-order valence-electron chi connectivity index (χ2n) is 3.89. The van der Waals surface area contributed by atoms with Gasteiger partial charge < -0.3 is 10.6 Å². The van der Waals surface area contributed by atoms with Crippen LogP contribution in [-0.2, 0) is 0 Å². The molecule has 0 aliphatic heterocycles. The minimum atomic E-state index is -0.431. The summed E-state index contributed by atoms with van der Waals surface area (Å²) in [7, 11) is 0. The minimum absolute atomic E-state index is 0.354. The summed E-state index contributed by atoms with van der Waals surface area (Å²) >= 11 is 1.94. The van der Waals surface area contributed by atoms with Crippen LogP contribution >= 0.6 is 22.6 Å². The third-order valence-corrected chi connectivity index (χ3v) is 3.34. The van der Waals surface area contributed by atoms with Gasteiger partial charge in [0.1, 0.15) is 5.82 Å². The molecular weight excluding hydrogens is 372 g/mol. The first-order valence-electron chi connectivity index (χ1n) is 5.62. The predicted octanol–water partition coefficient (Wildman–Crippen LogP) is 3.95. The molecule has 2 aromatic rings. The zero-order chi connectivity index (χ0) is 14.5. The largest absolute Gasteiger partial charge is 0.323 e. The second-order valence-corrected chi connectivity index (χ2v) is 5.05. The summed E-state index contributed by atoms with van der Waals surface area (Å²) in [4.78, 5) is 11.8. The van der Waals surface area contributed by atoms with Crippen LogP contribution in [0.5, 0.6) is 0 Å². The van der Waals surface area contributed by atoms with Crippen molar-refractivity contribution in [2.75, 3.05) is 10.6 Å². The maximum atomic E-state index is 12.9. The Morgan fingerprint density at radius 3 is 2.45 bits per heavy atom. The van der Waals surface area contributed by atoms with Gasteiger partial charge >= 0.3 is 6.03 Å². The first kappa shape index (κ1) is 14.3. The molecule has 0 saturated carbocycles. The molecule has 0 aromatic heterocycles. The van der Waals surface area contributed by atoms with Crippen molar-refractivity contribution in [3.63, 3.8) is 0 Å². The van der Waals surface area contributed by atoms with Gasteiger partial charge in [0, 0.05) is 9.26 Å². The Labute approximate surface area is 128 Å². The van der Waals surface area contributed by atoms with Gasteiger partial charge in [-0.25, -0.2) is 9.18 Å².